The van der Waals surface area contributed by atoms with Crippen molar-refractivity contribution in [1.82, 2.24) is 18.4 Å². The second kappa shape index (κ2) is 10.8. The van der Waals surface area contributed by atoms with Crippen LogP contribution < -0.4 is 14.4 Å². The summed E-state index contributed by atoms with van der Waals surface area (Å²) in [7, 11) is -2.40. The van der Waals surface area contributed by atoms with Gasteiger partial charge in [0.15, 0.2) is 0 Å². The normalized spacial score (nSPS) is 15.1. The number of carbonyl (C=O) groups is 1. The summed E-state index contributed by atoms with van der Waals surface area (Å²) < 4.78 is 43.1. The molecule has 2 heterocycles. The van der Waals surface area contributed by atoms with Crippen molar-refractivity contribution < 1.29 is 17.9 Å². The van der Waals surface area contributed by atoms with Gasteiger partial charge in [0.1, 0.15) is 27.7 Å². The second-order valence-electron chi connectivity index (χ2n) is 8.76. The maximum atomic E-state index is 13.7. The Morgan fingerprint density at radius 1 is 0.973 bits per heavy atom. The summed E-state index contributed by atoms with van der Waals surface area (Å²) in [5.74, 6) is 0.545. The number of nitrogens with one attached hydrogen (secondary N) is 1. The number of sulfonamides is 1. The standard InChI is InChI=1S/C26H27N5O4S2/c1-35-21-12-10-20(11-13-21)30-14-16-31(17-15-30)26(32)23(18-19-6-3-2-4-7-19)29-37(33,34)24-9-5-8-22-25(24)28-36-27-22/h2-13,23,29H,14-18H2,1H3/t23-/m0/s1. The monoisotopic (exact) mass is 537 g/mol. The molecular weight excluding hydrogens is 510 g/mol. The van der Waals surface area contributed by atoms with Gasteiger partial charge in [0.2, 0.25) is 15.9 Å². The topological polar surface area (TPSA) is 105 Å². The van der Waals surface area contributed by atoms with E-state index in [0.29, 0.717) is 37.2 Å². The van der Waals surface area contributed by atoms with E-state index in [1.165, 1.54) is 6.07 Å². The molecule has 4 aromatic rings. The van der Waals surface area contributed by atoms with E-state index in [1.807, 2.05) is 54.6 Å². The molecule has 1 saturated heterocycles. The van der Waals surface area contributed by atoms with Gasteiger partial charge in [0.05, 0.1) is 18.8 Å². The Morgan fingerprint density at radius 2 is 1.70 bits per heavy atom. The molecule has 192 valence electrons. The van der Waals surface area contributed by atoms with Crippen molar-refractivity contribution in [2.75, 3.05) is 38.2 Å². The van der Waals surface area contributed by atoms with Crippen LogP contribution in [-0.2, 0) is 21.2 Å². The van der Waals surface area contributed by atoms with Crippen LogP contribution in [0.25, 0.3) is 11.0 Å². The lowest BCUT2D eigenvalue weighted by atomic mass is 10.1. The minimum absolute atomic E-state index is 0.0222. The molecule has 11 heteroatoms. The zero-order chi connectivity index (χ0) is 25.8. The number of hydrogen-bond donors (Lipinski definition) is 1. The molecule has 1 amide bonds. The van der Waals surface area contributed by atoms with E-state index in [1.54, 1.807) is 24.1 Å². The minimum atomic E-state index is -4.04. The van der Waals surface area contributed by atoms with E-state index in [-0.39, 0.29) is 17.2 Å². The lowest BCUT2D eigenvalue weighted by molar-refractivity contribution is -0.133. The summed E-state index contributed by atoms with van der Waals surface area (Å²) in [5.41, 5.74) is 2.74. The summed E-state index contributed by atoms with van der Waals surface area (Å²) in [6.45, 7) is 2.27. The van der Waals surface area contributed by atoms with E-state index in [4.69, 9.17) is 4.74 Å². The van der Waals surface area contributed by atoms with Crippen molar-refractivity contribution in [3.05, 3.63) is 78.4 Å². The highest BCUT2D eigenvalue weighted by molar-refractivity contribution is 7.89. The van der Waals surface area contributed by atoms with Crippen molar-refractivity contribution in [3.63, 3.8) is 0 Å². The number of fused-ring (bicyclic) bond motifs is 1. The van der Waals surface area contributed by atoms with Crippen molar-refractivity contribution in [1.29, 1.82) is 0 Å². The SMILES string of the molecule is COc1ccc(N2CCN(C(=O)[C@H](Cc3ccccc3)NS(=O)(=O)c3cccc4nsnc34)CC2)cc1. The highest BCUT2D eigenvalue weighted by Gasteiger charge is 2.32. The predicted octanol–water partition coefficient (Wildman–Crippen LogP) is 2.94. The Morgan fingerprint density at radius 3 is 2.41 bits per heavy atom. The quantitative estimate of drug-likeness (QED) is 0.369. The smallest absolute Gasteiger partial charge is 0.243 e. The third kappa shape index (κ3) is 5.58. The van der Waals surface area contributed by atoms with Gasteiger partial charge in [-0.25, -0.2) is 8.42 Å². The molecule has 1 aromatic heterocycles. The third-order valence-electron chi connectivity index (χ3n) is 6.45. The summed E-state index contributed by atoms with van der Waals surface area (Å²) >= 11 is 0.955. The van der Waals surface area contributed by atoms with E-state index < -0.39 is 16.1 Å². The number of carbonyl (C=O) groups excluding carboxylic acids is 1. The first-order chi connectivity index (χ1) is 17.9. The number of hydrogen-bond acceptors (Lipinski definition) is 8. The fourth-order valence-electron chi connectivity index (χ4n) is 4.48. The lowest BCUT2D eigenvalue weighted by Crippen LogP contribution is -2.55. The van der Waals surface area contributed by atoms with Crippen LogP contribution in [0.5, 0.6) is 5.75 Å². The van der Waals surface area contributed by atoms with Gasteiger partial charge in [-0.1, -0.05) is 36.4 Å². The molecule has 37 heavy (non-hydrogen) atoms. The summed E-state index contributed by atoms with van der Waals surface area (Å²) in [6.07, 6.45) is 0.239. The molecule has 0 spiro atoms. The fraction of sp³-hybridized carbons (Fsp3) is 0.269. The zero-order valence-electron chi connectivity index (χ0n) is 20.3. The van der Waals surface area contributed by atoms with Crippen LogP contribution in [-0.4, -0.2) is 67.3 Å². The van der Waals surface area contributed by atoms with Crippen molar-refractivity contribution >= 4 is 44.4 Å². The van der Waals surface area contributed by atoms with Gasteiger partial charge >= 0.3 is 0 Å². The summed E-state index contributed by atoms with van der Waals surface area (Å²) in [5, 5.41) is 0. The third-order valence-corrected chi connectivity index (χ3v) is 8.49. The predicted molar refractivity (Wildman–Crippen MR) is 143 cm³/mol. The van der Waals surface area contributed by atoms with E-state index in [9.17, 15) is 13.2 Å². The molecule has 9 nitrogen and oxygen atoms in total. The molecule has 5 rings (SSSR count). The van der Waals surface area contributed by atoms with Crippen LogP contribution in [0.3, 0.4) is 0 Å². The molecule has 1 N–H and O–H groups in total. The molecular formula is C26H27N5O4S2. The molecule has 0 unspecified atom stereocenters. The average molecular weight is 538 g/mol. The Kier molecular flexibility index (Phi) is 7.36. The van der Waals surface area contributed by atoms with Crippen LogP contribution in [0.2, 0.25) is 0 Å². The number of anilines is 1. The first-order valence-electron chi connectivity index (χ1n) is 11.9. The Balaban J connectivity index is 1.34. The second-order valence-corrected chi connectivity index (χ2v) is 11.0. The van der Waals surface area contributed by atoms with Crippen LogP contribution in [0.15, 0.2) is 77.7 Å². The van der Waals surface area contributed by atoms with Gasteiger partial charge in [-0.05, 0) is 48.4 Å². The van der Waals surface area contributed by atoms with Gasteiger partial charge in [-0.15, -0.1) is 0 Å². The molecule has 1 fully saturated rings. The van der Waals surface area contributed by atoms with Gasteiger partial charge < -0.3 is 14.5 Å². The molecule has 0 bridgehead atoms. The number of methoxy groups -OCH3 is 1. The average Bonchev–Trinajstić information content (AvgIpc) is 3.42. The summed E-state index contributed by atoms with van der Waals surface area (Å²) in [6, 6.07) is 21.1. The Labute approximate surface area is 220 Å². The first kappa shape index (κ1) is 25.1. The van der Waals surface area contributed by atoms with E-state index in [0.717, 1.165) is 28.7 Å². The van der Waals surface area contributed by atoms with Crippen LogP contribution >= 0.6 is 11.7 Å². The van der Waals surface area contributed by atoms with Gasteiger partial charge in [0.25, 0.3) is 0 Å². The number of ether oxygens (including phenoxy) is 1. The van der Waals surface area contributed by atoms with Crippen LogP contribution in [0.1, 0.15) is 5.56 Å². The van der Waals surface area contributed by atoms with Crippen LogP contribution in [0.4, 0.5) is 5.69 Å². The van der Waals surface area contributed by atoms with Gasteiger partial charge in [-0.3, -0.25) is 4.79 Å². The maximum absolute atomic E-state index is 13.7. The minimum Gasteiger partial charge on any atom is -0.497 e. The van der Waals surface area contributed by atoms with Gasteiger partial charge in [-0.2, -0.15) is 13.5 Å². The highest BCUT2D eigenvalue weighted by atomic mass is 32.2. The zero-order valence-corrected chi connectivity index (χ0v) is 21.9. The number of nitrogens with zero attached hydrogens (tertiary/aromatic N) is 4. The Bertz CT molecular complexity index is 1470. The Hall–Kier alpha value is -3.54. The number of benzene rings is 3. The molecule has 1 atom stereocenters. The van der Waals surface area contributed by atoms with Crippen molar-refractivity contribution in [2.45, 2.75) is 17.4 Å². The number of aromatic nitrogens is 2. The number of rotatable bonds is 8. The van der Waals surface area contributed by atoms with Gasteiger partial charge in [0, 0.05) is 31.9 Å². The molecule has 0 saturated carbocycles. The lowest BCUT2D eigenvalue weighted by Gasteiger charge is -2.37. The highest BCUT2D eigenvalue weighted by Crippen LogP contribution is 2.23. The number of piperazine rings is 1. The molecule has 1 aliphatic heterocycles. The first-order valence-corrected chi connectivity index (χ1v) is 14.1. The largest absolute Gasteiger partial charge is 0.497 e. The molecule has 0 aliphatic carbocycles. The number of amides is 1. The van der Waals surface area contributed by atoms with E-state index >= 15 is 0 Å². The van der Waals surface area contributed by atoms with E-state index in [2.05, 4.69) is 18.4 Å². The molecule has 0 radical (unpaired) electrons. The molecule has 3 aromatic carbocycles. The van der Waals surface area contributed by atoms with Crippen molar-refractivity contribution in [3.8, 4) is 5.75 Å². The maximum Gasteiger partial charge on any atom is 0.243 e. The summed E-state index contributed by atoms with van der Waals surface area (Å²) in [4.78, 5) is 17.7. The molecule has 1 aliphatic rings. The van der Waals surface area contributed by atoms with Crippen molar-refractivity contribution in [2.24, 2.45) is 0 Å². The van der Waals surface area contributed by atoms with Crippen LogP contribution in [0, 0.1) is 0 Å². The fourth-order valence-corrected chi connectivity index (χ4v) is 6.43.